The molecule has 1 N–H and O–H groups in total. The van der Waals surface area contributed by atoms with E-state index in [0.717, 1.165) is 56.8 Å². The summed E-state index contributed by atoms with van der Waals surface area (Å²) >= 11 is 6.23. The number of morpholine rings is 1. The second-order valence-corrected chi connectivity index (χ2v) is 10.4. The third kappa shape index (κ3) is 5.26. The molecule has 2 aromatic rings. The van der Waals surface area contributed by atoms with Gasteiger partial charge in [-0.1, -0.05) is 30.2 Å². The topological polar surface area (TPSA) is 79.0 Å². The summed E-state index contributed by atoms with van der Waals surface area (Å²) in [4.78, 5) is 15.1. The van der Waals surface area contributed by atoms with Gasteiger partial charge in [-0.05, 0) is 48.7 Å². The maximum atomic E-state index is 13.0. The van der Waals surface area contributed by atoms with E-state index in [0.29, 0.717) is 19.6 Å². The van der Waals surface area contributed by atoms with Crippen LogP contribution < -0.4 is 10.2 Å². The standard InChI is InChI=1S/C23H28ClN3O4S/c24-22-9-8-20(32(29,30)27-10-2-1-3-11-27)16-21(22)23(28)25-17-18-4-6-19(7-5-18)26-12-14-31-15-13-26/h4-9,16H,1-3,10-15,17H2,(H,25,28). The molecule has 32 heavy (non-hydrogen) atoms. The number of benzene rings is 2. The summed E-state index contributed by atoms with van der Waals surface area (Å²) in [7, 11) is -3.64. The van der Waals surface area contributed by atoms with Gasteiger partial charge in [0.25, 0.3) is 5.91 Å². The summed E-state index contributed by atoms with van der Waals surface area (Å²) in [5.74, 6) is -0.400. The first kappa shape index (κ1) is 23.0. The molecule has 2 fully saturated rings. The molecule has 9 heteroatoms. The van der Waals surface area contributed by atoms with Gasteiger partial charge in [0.05, 0.1) is 28.7 Å². The number of nitrogens with one attached hydrogen (secondary N) is 1. The zero-order valence-electron chi connectivity index (χ0n) is 17.9. The molecule has 4 rings (SSSR count). The predicted molar refractivity (Wildman–Crippen MR) is 125 cm³/mol. The van der Waals surface area contributed by atoms with Crippen LogP contribution in [0.4, 0.5) is 5.69 Å². The highest BCUT2D eigenvalue weighted by Crippen LogP contribution is 2.25. The van der Waals surface area contributed by atoms with E-state index < -0.39 is 15.9 Å². The molecular formula is C23H28ClN3O4S. The first-order valence-electron chi connectivity index (χ1n) is 10.9. The van der Waals surface area contributed by atoms with Crippen molar-refractivity contribution in [1.29, 1.82) is 0 Å². The smallest absolute Gasteiger partial charge is 0.253 e. The lowest BCUT2D eigenvalue weighted by Gasteiger charge is -2.28. The molecule has 2 aromatic carbocycles. The van der Waals surface area contributed by atoms with Crippen LogP contribution in [-0.2, 0) is 21.3 Å². The third-order valence-electron chi connectivity index (χ3n) is 5.90. The number of carbonyl (C=O) groups excluding carboxylic acids is 1. The van der Waals surface area contributed by atoms with Crippen LogP contribution in [0, 0.1) is 0 Å². The van der Waals surface area contributed by atoms with Crippen LogP contribution in [-0.4, -0.2) is 58.0 Å². The average molecular weight is 478 g/mol. The number of hydrogen-bond acceptors (Lipinski definition) is 5. The van der Waals surface area contributed by atoms with Gasteiger partial charge >= 0.3 is 0 Å². The highest BCUT2D eigenvalue weighted by atomic mass is 35.5. The number of sulfonamides is 1. The van der Waals surface area contributed by atoms with Crippen molar-refractivity contribution in [2.75, 3.05) is 44.3 Å². The van der Waals surface area contributed by atoms with E-state index in [-0.39, 0.29) is 15.5 Å². The van der Waals surface area contributed by atoms with E-state index in [1.54, 1.807) is 0 Å². The summed E-state index contributed by atoms with van der Waals surface area (Å²) in [5.41, 5.74) is 2.24. The fourth-order valence-corrected chi connectivity index (χ4v) is 5.76. The summed E-state index contributed by atoms with van der Waals surface area (Å²) in [6.07, 6.45) is 2.74. The minimum Gasteiger partial charge on any atom is -0.378 e. The number of ether oxygens (including phenoxy) is 1. The minimum atomic E-state index is -3.64. The van der Waals surface area contributed by atoms with Crippen molar-refractivity contribution in [3.05, 3.63) is 58.6 Å². The summed E-state index contributed by atoms with van der Waals surface area (Å²) < 4.78 is 32.8. The molecule has 2 aliphatic heterocycles. The molecule has 172 valence electrons. The van der Waals surface area contributed by atoms with Crippen molar-refractivity contribution >= 4 is 33.2 Å². The monoisotopic (exact) mass is 477 g/mol. The van der Waals surface area contributed by atoms with Crippen molar-refractivity contribution in [3.63, 3.8) is 0 Å². The van der Waals surface area contributed by atoms with Crippen LogP contribution in [0.3, 0.4) is 0 Å². The second kappa shape index (κ2) is 10.2. The largest absolute Gasteiger partial charge is 0.378 e. The van der Waals surface area contributed by atoms with Crippen LogP contribution in [0.5, 0.6) is 0 Å². The van der Waals surface area contributed by atoms with Gasteiger partial charge in [0.2, 0.25) is 10.0 Å². The molecule has 0 bridgehead atoms. The Morgan fingerprint density at radius 2 is 1.66 bits per heavy atom. The Morgan fingerprint density at radius 1 is 0.969 bits per heavy atom. The van der Waals surface area contributed by atoms with Gasteiger partial charge in [-0.2, -0.15) is 4.31 Å². The highest BCUT2D eigenvalue weighted by Gasteiger charge is 2.27. The number of hydrogen-bond donors (Lipinski definition) is 1. The average Bonchev–Trinajstić information content (AvgIpc) is 2.84. The number of piperidine rings is 1. The molecular weight excluding hydrogens is 450 g/mol. The summed E-state index contributed by atoms with van der Waals surface area (Å²) in [5, 5.41) is 3.07. The first-order chi connectivity index (χ1) is 15.4. The Morgan fingerprint density at radius 3 is 2.34 bits per heavy atom. The number of amides is 1. The normalized spacial score (nSPS) is 17.8. The third-order valence-corrected chi connectivity index (χ3v) is 8.13. The van der Waals surface area contributed by atoms with E-state index in [4.69, 9.17) is 16.3 Å². The van der Waals surface area contributed by atoms with Crippen molar-refractivity contribution in [3.8, 4) is 0 Å². The van der Waals surface area contributed by atoms with Crippen LogP contribution in [0.15, 0.2) is 47.4 Å². The molecule has 0 aromatic heterocycles. The zero-order chi connectivity index (χ0) is 22.6. The van der Waals surface area contributed by atoms with Crippen LogP contribution in [0.2, 0.25) is 5.02 Å². The van der Waals surface area contributed by atoms with E-state index in [1.807, 2.05) is 24.3 Å². The lowest BCUT2D eigenvalue weighted by Crippen LogP contribution is -2.36. The van der Waals surface area contributed by atoms with Gasteiger partial charge in [-0.3, -0.25) is 4.79 Å². The summed E-state index contributed by atoms with van der Waals surface area (Å²) in [6.45, 7) is 4.52. The maximum Gasteiger partial charge on any atom is 0.253 e. The highest BCUT2D eigenvalue weighted by molar-refractivity contribution is 7.89. The number of anilines is 1. The van der Waals surface area contributed by atoms with Gasteiger partial charge in [0.1, 0.15) is 0 Å². The Kier molecular flexibility index (Phi) is 7.35. The van der Waals surface area contributed by atoms with Gasteiger partial charge < -0.3 is 15.0 Å². The van der Waals surface area contributed by atoms with Gasteiger partial charge in [0.15, 0.2) is 0 Å². The Labute approximate surface area is 194 Å². The fourth-order valence-electron chi connectivity index (χ4n) is 4.02. The van der Waals surface area contributed by atoms with Crippen molar-refractivity contribution in [2.45, 2.75) is 30.7 Å². The quantitative estimate of drug-likeness (QED) is 0.690. The molecule has 0 spiro atoms. The molecule has 0 atom stereocenters. The molecule has 1 amide bonds. The van der Waals surface area contributed by atoms with E-state index in [1.165, 1.54) is 22.5 Å². The number of rotatable bonds is 6. The van der Waals surface area contributed by atoms with Crippen LogP contribution in [0.1, 0.15) is 35.2 Å². The second-order valence-electron chi connectivity index (χ2n) is 8.05. The molecule has 7 nitrogen and oxygen atoms in total. The number of carbonyl (C=O) groups is 1. The van der Waals surface area contributed by atoms with Crippen LogP contribution >= 0.6 is 11.6 Å². The van der Waals surface area contributed by atoms with Crippen molar-refractivity contribution in [2.24, 2.45) is 0 Å². The Bertz CT molecular complexity index is 1050. The molecule has 0 saturated carbocycles. The summed E-state index contributed by atoms with van der Waals surface area (Å²) in [6, 6.07) is 12.3. The Balaban J connectivity index is 1.42. The molecule has 0 unspecified atom stereocenters. The SMILES string of the molecule is O=C(NCc1ccc(N2CCOCC2)cc1)c1cc(S(=O)(=O)N2CCCCC2)ccc1Cl. The predicted octanol–water partition coefficient (Wildman–Crippen LogP) is 3.28. The van der Waals surface area contributed by atoms with Crippen LogP contribution in [0.25, 0.3) is 0 Å². The molecule has 0 radical (unpaired) electrons. The maximum absolute atomic E-state index is 13.0. The number of halogens is 1. The fraction of sp³-hybridized carbons (Fsp3) is 0.435. The van der Waals surface area contributed by atoms with Gasteiger partial charge in [-0.25, -0.2) is 8.42 Å². The van der Waals surface area contributed by atoms with Crippen molar-refractivity contribution in [1.82, 2.24) is 9.62 Å². The first-order valence-corrected chi connectivity index (χ1v) is 12.8. The van der Waals surface area contributed by atoms with E-state index in [9.17, 15) is 13.2 Å². The lowest BCUT2D eigenvalue weighted by atomic mass is 10.1. The van der Waals surface area contributed by atoms with Gasteiger partial charge in [-0.15, -0.1) is 0 Å². The minimum absolute atomic E-state index is 0.101. The molecule has 0 aliphatic carbocycles. The van der Waals surface area contributed by atoms with Gasteiger partial charge in [0, 0.05) is 38.4 Å². The Hall–Kier alpha value is -2.13. The van der Waals surface area contributed by atoms with E-state index >= 15 is 0 Å². The lowest BCUT2D eigenvalue weighted by molar-refractivity contribution is 0.0951. The molecule has 2 saturated heterocycles. The number of nitrogens with zero attached hydrogens (tertiary/aromatic N) is 2. The molecule has 2 heterocycles. The zero-order valence-corrected chi connectivity index (χ0v) is 19.5. The van der Waals surface area contributed by atoms with Crippen molar-refractivity contribution < 1.29 is 17.9 Å². The van der Waals surface area contributed by atoms with E-state index in [2.05, 4.69) is 10.2 Å². The molecule has 2 aliphatic rings.